The van der Waals surface area contributed by atoms with E-state index in [0.717, 1.165) is 6.54 Å². The van der Waals surface area contributed by atoms with Gasteiger partial charge in [0.15, 0.2) is 0 Å². The summed E-state index contributed by atoms with van der Waals surface area (Å²) in [4.78, 5) is 12.9. The van der Waals surface area contributed by atoms with Crippen LogP contribution in [0.25, 0.3) is 0 Å². The van der Waals surface area contributed by atoms with Crippen LogP contribution in [-0.4, -0.2) is 69.0 Å². The van der Waals surface area contributed by atoms with Crippen molar-refractivity contribution < 1.29 is 18.3 Å². The van der Waals surface area contributed by atoms with Gasteiger partial charge in [-0.25, -0.2) is 4.72 Å². The molecule has 1 fully saturated rings. The van der Waals surface area contributed by atoms with Crippen molar-refractivity contribution >= 4 is 16.2 Å². The van der Waals surface area contributed by atoms with Crippen molar-refractivity contribution in [1.82, 2.24) is 13.9 Å². The predicted octanol–water partition coefficient (Wildman–Crippen LogP) is 0.205. The molecular weight excluding hydrogens is 294 g/mol. The van der Waals surface area contributed by atoms with Crippen molar-refractivity contribution in [3.63, 3.8) is 0 Å². The molecule has 0 aromatic carbocycles. The summed E-state index contributed by atoms with van der Waals surface area (Å²) in [7, 11) is 0.373. The lowest BCUT2D eigenvalue weighted by Gasteiger charge is -2.32. The molecule has 8 heteroatoms. The highest BCUT2D eigenvalue weighted by Gasteiger charge is 2.32. The van der Waals surface area contributed by atoms with Gasteiger partial charge in [-0.3, -0.25) is 4.79 Å². The first-order valence-electron chi connectivity index (χ1n) is 7.16. The summed E-state index contributed by atoms with van der Waals surface area (Å²) in [5.74, 6) is -1.27. The molecule has 0 aliphatic carbocycles. The van der Waals surface area contributed by atoms with Crippen molar-refractivity contribution in [2.24, 2.45) is 11.3 Å². The minimum atomic E-state index is -3.53. The molecule has 0 unspecified atom stereocenters. The molecule has 1 aliphatic rings. The smallest absolute Gasteiger partial charge is 0.306 e. The molecule has 0 bridgehead atoms. The van der Waals surface area contributed by atoms with Crippen LogP contribution < -0.4 is 4.72 Å². The molecule has 7 nitrogen and oxygen atoms in total. The summed E-state index contributed by atoms with van der Waals surface area (Å²) < 4.78 is 28.5. The summed E-state index contributed by atoms with van der Waals surface area (Å²) in [6.45, 7) is 5.67. The lowest BCUT2D eigenvalue weighted by atomic mass is 9.93. The van der Waals surface area contributed by atoms with Crippen LogP contribution in [0.3, 0.4) is 0 Å². The molecular formula is C13H27N3O4S. The van der Waals surface area contributed by atoms with Gasteiger partial charge < -0.3 is 10.0 Å². The van der Waals surface area contributed by atoms with Crippen LogP contribution in [0.1, 0.15) is 26.7 Å². The molecule has 0 amide bonds. The fourth-order valence-corrected chi connectivity index (χ4v) is 4.08. The van der Waals surface area contributed by atoms with Crippen molar-refractivity contribution in [3.8, 4) is 0 Å². The largest absolute Gasteiger partial charge is 0.481 e. The number of hydrogen-bond acceptors (Lipinski definition) is 4. The van der Waals surface area contributed by atoms with Gasteiger partial charge in [0.05, 0.1) is 5.92 Å². The molecule has 0 aromatic rings. The molecule has 1 saturated heterocycles. The maximum absolute atomic E-state index is 12.2. The Bertz CT molecular complexity index is 454. The first-order valence-corrected chi connectivity index (χ1v) is 8.60. The summed E-state index contributed by atoms with van der Waals surface area (Å²) >= 11 is 0. The van der Waals surface area contributed by atoms with E-state index < -0.39 is 22.1 Å². The summed E-state index contributed by atoms with van der Waals surface area (Å²) in [6, 6.07) is 0. The number of carboxylic acid groups (broad SMARTS) is 1. The summed E-state index contributed by atoms with van der Waals surface area (Å²) in [5, 5.41) is 8.93. The number of aliphatic carboxylic acids is 1. The van der Waals surface area contributed by atoms with Crippen molar-refractivity contribution in [2.45, 2.75) is 26.7 Å². The molecule has 1 aliphatic heterocycles. The normalized spacial score (nSPS) is 19.1. The predicted molar refractivity (Wildman–Crippen MR) is 81.2 cm³/mol. The fourth-order valence-electron chi connectivity index (χ4n) is 2.63. The van der Waals surface area contributed by atoms with E-state index in [1.54, 1.807) is 0 Å². The van der Waals surface area contributed by atoms with E-state index in [0.29, 0.717) is 19.4 Å². The zero-order valence-corrected chi connectivity index (χ0v) is 14.1. The van der Waals surface area contributed by atoms with Gasteiger partial charge in [0.25, 0.3) is 10.2 Å². The Balaban J connectivity index is 2.53. The highest BCUT2D eigenvalue weighted by molar-refractivity contribution is 7.87. The Labute approximate surface area is 127 Å². The van der Waals surface area contributed by atoms with Crippen LogP contribution in [0.15, 0.2) is 0 Å². The second kappa shape index (κ2) is 7.04. The van der Waals surface area contributed by atoms with E-state index in [9.17, 15) is 13.2 Å². The van der Waals surface area contributed by atoms with E-state index in [1.165, 1.54) is 4.31 Å². The van der Waals surface area contributed by atoms with Gasteiger partial charge in [0.1, 0.15) is 0 Å². The average Bonchev–Trinajstić information content (AvgIpc) is 2.35. The van der Waals surface area contributed by atoms with Gasteiger partial charge >= 0.3 is 5.97 Å². The Morgan fingerprint density at radius 3 is 2.29 bits per heavy atom. The third kappa shape index (κ3) is 5.90. The lowest BCUT2D eigenvalue weighted by molar-refractivity contribution is -0.142. The number of nitrogens with one attached hydrogen (secondary N) is 1. The lowest BCUT2D eigenvalue weighted by Crippen LogP contribution is -2.49. The Kier molecular flexibility index (Phi) is 6.15. The topological polar surface area (TPSA) is 90.0 Å². The minimum absolute atomic E-state index is 0.171. The number of carbonyl (C=O) groups is 1. The van der Waals surface area contributed by atoms with Crippen LogP contribution in [0.2, 0.25) is 0 Å². The van der Waals surface area contributed by atoms with Crippen molar-refractivity contribution in [1.29, 1.82) is 0 Å². The molecule has 0 aromatic heterocycles. The molecule has 0 atom stereocenters. The van der Waals surface area contributed by atoms with Crippen LogP contribution in [-0.2, 0) is 15.0 Å². The highest BCUT2D eigenvalue weighted by atomic mass is 32.2. The number of nitrogens with zero attached hydrogens (tertiary/aromatic N) is 2. The molecule has 124 valence electrons. The Hall–Kier alpha value is -0.700. The summed E-state index contributed by atoms with van der Waals surface area (Å²) in [5.41, 5.74) is -0.171. The van der Waals surface area contributed by atoms with Crippen LogP contribution in [0.5, 0.6) is 0 Å². The molecule has 0 saturated carbocycles. The third-order valence-electron chi connectivity index (χ3n) is 3.62. The van der Waals surface area contributed by atoms with Crippen LogP contribution in [0, 0.1) is 11.3 Å². The van der Waals surface area contributed by atoms with E-state index >= 15 is 0 Å². The number of rotatable bonds is 7. The first-order chi connectivity index (χ1) is 9.53. The van der Waals surface area contributed by atoms with Crippen molar-refractivity contribution in [2.75, 3.05) is 40.3 Å². The monoisotopic (exact) mass is 321 g/mol. The molecule has 0 spiro atoms. The van der Waals surface area contributed by atoms with Crippen molar-refractivity contribution in [3.05, 3.63) is 0 Å². The molecule has 1 rings (SSSR count). The Morgan fingerprint density at radius 1 is 1.33 bits per heavy atom. The van der Waals surface area contributed by atoms with E-state index in [-0.39, 0.29) is 18.5 Å². The van der Waals surface area contributed by atoms with E-state index in [4.69, 9.17) is 5.11 Å². The summed E-state index contributed by atoms with van der Waals surface area (Å²) in [6.07, 6.45) is 0.745. The van der Waals surface area contributed by atoms with Gasteiger partial charge in [0, 0.05) is 26.2 Å². The first kappa shape index (κ1) is 18.3. The van der Waals surface area contributed by atoms with E-state index in [2.05, 4.69) is 4.72 Å². The maximum atomic E-state index is 12.2. The second-order valence-corrected chi connectivity index (χ2v) is 8.49. The molecule has 21 heavy (non-hydrogen) atoms. The zero-order valence-electron chi connectivity index (χ0n) is 13.3. The van der Waals surface area contributed by atoms with E-state index in [1.807, 2.05) is 32.8 Å². The van der Waals surface area contributed by atoms with Crippen LogP contribution in [0.4, 0.5) is 0 Å². The number of piperidine rings is 1. The van der Waals surface area contributed by atoms with Gasteiger partial charge in [-0.1, -0.05) is 13.8 Å². The zero-order chi connectivity index (χ0) is 16.3. The fraction of sp³-hybridized carbons (Fsp3) is 0.923. The standard InChI is InChI=1S/C13H27N3O4S/c1-13(2,10-15(3)4)9-14-21(19,20)16-7-5-11(6-8-16)12(17)18/h11,14H,5-10H2,1-4H3,(H,17,18). The SMILES string of the molecule is CN(C)CC(C)(C)CNS(=O)(=O)N1CCC(C(=O)O)CC1. The van der Waals surface area contributed by atoms with Crippen LogP contribution >= 0.6 is 0 Å². The molecule has 0 radical (unpaired) electrons. The molecule has 2 N–H and O–H groups in total. The van der Waals surface area contributed by atoms with Gasteiger partial charge in [-0.2, -0.15) is 12.7 Å². The number of hydrogen-bond donors (Lipinski definition) is 2. The van der Waals surface area contributed by atoms with Gasteiger partial charge in [-0.05, 0) is 32.4 Å². The number of carboxylic acids is 1. The van der Waals surface area contributed by atoms with Gasteiger partial charge in [0.2, 0.25) is 0 Å². The highest BCUT2D eigenvalue weighted by Crippen LogP contribution is 2.20. The quantitative estimate of drug-likeness (QED) is 0.699. The van der Waals surface area contributed by atoms with Gasteiger partial charge in [-0.15, -0.1) is 0 Å². The maximum Gasteiger partial charge on any atom is 0.306 e. The average molecular weight is 321 g/mol. The second-order valence-electron chi connectivity index (χ2n) is 6.74. The third-order valence-corrected chi connectivity index (χ3v) is 5.17. The molecule has 1 heterocycles. The Morgan fingerprint density at radius 2 is 1.86 bits per heavy atom. The minimum Gasteiger partial charge on any atom is -0.481 e.